The minimum Gasteiger partial charge on any atom is -1.00 e. The molecule has 0 saturated heterocycles. The van der Waals surface area contributed by atoms with Gasteiger partial charge in [-0.15, -0.1) is 0 Å². The Morgan fingerprint density at radius 3 is 2.45 bits per heavy atom. The fourth-order valence-electron chi connectivity index (χ4n) is 3.87. The fraction of sp³-hybridized carbons (Fsp3) is 0.231. The Morgan fingerprint density at radius 2 is 1.74 bits per heavy atom. The number of hydrogen-bond donors (Lipinski definition) is 1. The second kappa shape index (κ2) is 9.80. The van der Waals surface area contributed by atoms with Gasteiger partial charge in [-0.05, 0) is 53.3 Å². The van der Waals surface area contributed by atoms with E-state index in [1.165, 1.54) is 11.1 Å². The van der Waals surface area contributed by atoms with E-state index < -0.39 is 0 Å². The molecule has 0 bridgehead atoms. The minimum atomic E-state index is 0. The smallest absolute Gasteiger partial charge is 0.245 e. The van der Waals surface area contributed by atoms with E-state index in [4.69, 9.17) is 0 Å². The summed E-state index contributed by atoms with van der Waals surface area (Å²) in [5.74, 6) is 0.595. The van der Waals surface area contributed by atoms with Crippen LogP contribution in [0.4, 0.5) is 0 Å². The molecular weight excluding hydrogens is 408 g/mol. The van der Waals surface area contributed by atoms with Gasteiger partial charge in [-0.1, -0.05) is 56.3 Å². The molecule has 0 saturated carbocycles. The third kappa shape index (κ3) is 4.80. The maximum atomic E-state index is 11.2. The molecular formula is C26H27ClN2O2. The molecule has 5 heteroatoms. The standard InChI is InChI=1S/C26H26N2O2.ClH/c1-3-19(2)22-11-8-20(9-12-22)15-27-18-28(25-7-5-4-6-24(25)27)16-21-10-13-26(30)23(14-21)17-29;/h4-14,17-19H,3,15-16H2,1-2H3;1H. The number of imidazole rings is 1. The number of fused-ring (bicyclic) bond motifs is 1. The van der Waals surface area contributed by atoms with Gasteiger partial charge >= 0.3 is 0 Å². The van der Waals surface area contributed by atoms with Gasteiger partial charge in [0.05, 0.1) is 5.56 Å². The van der Waals surface area contributed by atoms with Crippen LogP contribution in [0.15, 0.2) is 73.1 Å². The van der Waals surface area contributed by atoms with E-state index in [0.29, 0.717) is 24.3 Å². The number of carbonyl (C=O) groups is 1. The van der Waals surface area contributed by atoms with Gasteiger partial charge in [-0.3, -0.25) is 4.79 Å². The zero-order chi connectivity index (χ0) is 21.1. The van der Waals surface area contributed by atoms with Crippen molar-refractivity contribution in [3.05, 3.63) is 95.3 Å². The van der Waals surface area contributed by atoms with Crippen LogP contribution in [0.1, 0.15) is 53.2 Å². The molecule has 0 radical (unpaired) electrons. The number of halogens is 1. The van der Waals surface area contributed by atoms with Crippen LogP contribution in [0.25, 0.3) is 11.0 Å². The Balaban J connectivity index is 0.00000272. The maximum Gasteiger partial charge on any atom is 0.245 e. The number of aromatic hydroxyl groups is 1. The van der Waals surface area contributed by atoms with E-state index in [1.54, 1.807) is 12.1 Å². The van der Waals surface area contributed by atoms with Gasteiger partial charge in [0.15, 0.2) is 17.3 Å². The number of hydrogen-bond acceptors (Lipinski definition) is 2. The molecule has 1 heterocycles. The fourth-order valence-corrected chi connectivity index (χ4v) is 3.87. The van der Waals surface area contributed by atoms with Crippen molar-refractivity contribution < 1.29 is 26.9 Å². The number of carbonyl (C=O) groups excluding carboxylic acids is 1. The van der Waals surface area contributed by atoms with E-state index in [1.807, 2.05) is 12.1 Å². The van der Waals surface area contributed by atoms with E-state index in [9.17, 15) is 9.90 Å². The summed E-state index contributed by atoms with van der Waals surface area (Å²) in [4.78, 5) is 11.2. The van der Waals surface area contributed by atoms with Gasteiger partial charge in [0, 0.05) is 0 Å². The van der Waals surface area contributed by atoms with Crippen LogP contribution in [0, 0.1) is 0 Å². The van der Waals surface area contributed by atoms with Crippen molar-refractivity contribution in [2.24, 2.45) is 0 Å². The van der Waals surface area contributed by atoms with Crippen molar-refractivity contribution in [2.45, 2.75) is 39.3 Å². The van der Waals surface area contributed by atoms with Crippen molar-refractivity contribution >= 4 is 17.3 Å². The number of phenolic OH excluding ortho intramolecular Hbond substituents is 1. The van der Waals surface area contributed by atoms with Crippen molar-refractivity contribution in [2.75, 3.05) is 0 Å². The van der Waals surface area contributed by atoms with E-state index in [-0.39, 0.29) is 18.2 Å². The van der Waals surface area contributed by atoms with Gasteiger partial charge < -0.3 is 17.5 Å². The molecule has 4 rings (SSSR count). The molecule has 31 heavy (non-hydrogen) atoms. The number of para-hydroxylation sites is 2. The summed E-state index contributed by atoms with van der Waals surface area (Å²) < 4.78 is 4.44. The van der Waals surface area contributed by atoms with Gasteiger partial charge in [0.25, 0.3) is 0 Å². The zero-order valence-electron chi connectivity index (χ0n) is 17.8. The summed E-state index contributed by atoms with van der Waals surface area (Å²) in [7, 11) is 0. The van der Waals surface area contributed by atoms with Gasteiger partial charge in [-0.2, -0.15) is 0 Å². The van der Waals surface area contributed by atoms with Gasteiger partial charge in [0.1, 0.15) is 18.8 Å². The highest BCUT2D eigenvalue weighted by Crippen LogP contribution is 2.21. The van der Waals surface area contributed by atoms with Crippen LogP contribution < -0.4 is 17.0 Å². The molecule has 0 aliphatic heterocycles. The summed E-state index contributed by atoms with van der Waals surface area (Å²) in [6.07, 6.45) is 3.96. The number of nitrogens with zero attached hydrogens (tertiary/aromatic N) is 2. The maximum absolute atomic E-state index is 11.2. The Hall–Kier alpha value is -3.11. The average Bonchev–Trinajstić information content (AvgIpc) is 3.12. The average molecular weight is 435 g/mol. The van der Waals surface area contributed by atoms with Gasteiger partial charge in [0.2, 0.25) is 6.33 Å². The topological polar surface area (TPSA) is 46.1 Å². The number of aldehydes is 1. The minimum absolute atomic E-state index is 0. The first-order valence-electron chi connectivity index (χ1n) is 10.4. The molecule has 0 aliphatic rings. The summed E-state index contributed by atoms with van der Waals surface area (Å²) >= 11 is 0. The van der Waals surface area contributed by atoms with Crippen LogP contribution in [-0.2, 0) is 13.1 Å². The van der Waals surface area contributed by atoms with Crippen LogP contribution in [-0.4, -0.2) is 16.0 Å². The predicted octanol–water partition coefficient (Wildman–Crippen LogP) is 2.06. The van der Waals surface area contributed by atoms with Crippen molar-refractivity contribution in [3.8, 4) is 5.75 Å². The summed E-state index contributed by atoms with van der Waals surface area (Å²) in [6, 6.07) is 22.4. The molecule has 1 N–H and O–H groups in total. The predicted molar refractivity (Wildman–Crippen MR) is 119 cm³/mol. The molecule has 1 aromatic heterocycles. The summed E-state index contributed by atoms with van der Waals surface area (Å²) in [5, 5.41) is 9.77. The molecule has 0 spiro atoms. The largest absolute Gasteiger partial charge is 1.00 e. The Labute approximate surface area is 189 Å². The molecule has 0 fully saturated rings. The van der Waals surface area contributed by atoms with Crippen molar-refractivity contribution in [3.63, 3.8) is 0 Å². The van der Waals surface area contributed by atoms with E-state index >= 15 is 0 Å². The molecule has 0 amide bonds. The quantitative estimate of drug-likeness (QED) is 0.357. The first kappa shape index (κ1) is 22.6. The van der Waals surface area contributed by atoms with Crippen LogP contribution in [0.5, 0.6) is 5.75 Å². The molecule has 160 valence electrons. The Kier molecular flexibility index (Phi) is 7.13. The third-order valence-corrected chi connectivity index (χ3v) is 5.87. The highest BCUT2D eigenvalue weighted by molar-refractivity contribution is 5.79. The lowest BCUT2D eigenvalue weighted by molar-refractivity contribution is -0.663. The van der Waals surface area contributed by atoms with Crippen LogP contribution in [0.2, 0.25) is 0 Å². The number of phenols is 1. The number of aromatic nitrogens is 2. The Bertz CT molecular complexity index is 1180. The molecule has 1 unspecified atom stereocenters. The first-order chi connectivity index (χ1) is 14.6. The zero-order valence-corrected chi connectivity index (χ0v) is 18.6. The molecule has 1 atom stereocenters. The first-order valence-corrected chi connectivity index (χ1v) is 10.4. The second-order valence-corrected chi connectivity index (χ2v) is 7.92. The highest BCUT2D eigenvalue weighted by Gasteiger charge is 2.16. The lowest BCUT2D eigenvalue weighted by atomic mass is 9.98. The summed E-state index contributed by atoms with van der Waals surface area (Å²) in [5.41, 5.74) is 6.24. The monoisotopic (exact) mass is 434 g/mol. The van der Waals surface area contributed by atoms with E-state index in [0.717, 1.165) is 29.6 Å². The normalized spacial score (nSPS) is 11.8. The number of benzene rings is 3. The Morgan fingerprint density at radius 1 is 1.03 bits per heavy atom. The second-order valence-electron chi connectivity index (χ2n) is 7.92. The molecule has 4 nitrogen and oxygen atoms in total. The van der Waals surface area contributed by atoms with Crippen LogP contribution >= 0.6 is 0 Å². The van der Waals surface area contributed by atoms with Crippen LogP contribution in [0.3, 0.4) is 0 Å². The highest BCUT2D eigenvalue weighted by atomic mass is 35.5. The van der Waals surface area contributed by atoms with Gasteiger partial charge in [-0.25, -0.2) is 9.13 Å². The third-order valence-electron chi connectivity index (χ3n) is 5.87. The molecule has 3 aromatic carbocycles. The van der Waals surface area contributed by atoms with Crippen molar-refractivity contribution in [1.82, 2.24) is 4.57 Å². The molecule has 4 aromatic rings. The number of rotatable bonds is 7. The SMILES string of the molecule is CCC(C)c1ccc(Cn2c[n+](Cc3ccc(O)c(C=O)c3)c3ccccc32)cc1.[Cl-]. The molecule has 0 aliphatic carbocycles. The lowest BCUT2D eigenvalue weighted by Gasteiger charge is -2.09. The summed E-state index contributed by atoms with van der Waals surface area (Å²) in [6.45, 7) is 5.90. The van der Waals surface area contributed by atoms with E-state index in [2.05, 4.69) is 71.8 Å². The van der Waals surface area contributed by atoms with Crippen molar-refractivity contribution in [1.29, 1.82) is 0 Å². The lowest BCUT2D eigenvalue weighted by Crippen LogP contribution is -3.00.